The van der Waals surface area contributed by atoms with Crippen molar-refractivity contribution in [3.8, 4) is 0 Å². The molecule has 0 bridgehead atoms. The van der Waals surface area contributed by atoms with Gasteiger partial charge in [-0.3, -0.25) is 0 Å². The summed E-state index contributed by atoms with van der Waals surface area (Å²) in [6, 6.07) is 6.36. The Morgan fingerprint density at radius 3 is 2.74 bits per heavy atom. The van der Waals surface area contributed by atoms with Crippen molar-refractivity contribution < 1.29 is 9.84 Å². The standard InChI is InChI=1S/C17H24O2/c1-12-4-5-15(13(2)10-12)16(18)14-6-9-19-17(11-14)7-3-8-17/h4-5,10,14,16,18H,3,6-9,11H2,1-2H3. The van der Waals surface area contributed by atoms with E-state index in [0.29, 0.717) is 5.92 Å². The molecule has 0 amide bonds. The fourth-order valence-electron chi connectivity index (χ4n) is 3.67. The molecule has 2 unspecified atom stereocenters. The second-order valence-electron chi connectivity index (χ2n) is 6.44. The van der Waals surface area contributed by atoms with Gasteiger partial charge in [0.15, 0.2) is 0 Å². The van der Waals surface area contributed by atoms with E-state index in [4.69, 9.17) is 4.74 Å². The van der Waals surface area contributed by atoms with Crippen LogP contribution in [0.3, 0.4) is 0 Å². The van der Waals surface area contributed by atoms with Crippen LogP contribution in [0.25, 0.3) is 0 Å². The summed E-state index contributed by atoms with van der Waals surface area (Å²) in [5.74, 6) is 0.357. The first-order valence-electron chi connectivity index (χ1n) is 7.49. The molecule has 1 N–H and O–H groups in total. The van der Waals surface area contributed by atoms with Crippen LogP contribution in [0.15, 0.2) is 18.2 Å². The van der Waals surface area contributed by atoms with E-state index in [0.717, 1.165) is 25.0 Å². The van der Waals surface area contributed by atoms with E-state index in [2.05, 4.69) is 32.0 Å². The number of benzene rings is 1. The molecule has 1 aromatic carbocycles. The van der Waals surface area contributed by atoms with Gasteiger partial charge in [-0.25, -0.2) is 0 Å². The van der Waals surface area contributed by atoms with Crippen LogP contribution >= 0.6 is 0 Å². The van der Waals surface area contributed by atoms with E-state index < -0.39 is 0 Å². The van der Waals surface area contributed by atoms with Crippen LogP contribution in [0.4, 0.5) is 0 Å². The zero-order chi connectivity index (χ0) is 13.5. The van der Waals surface area contributed by atoms with E-state index in [1.165, 1.54) is 30.4 Å². The van der Waals surface area contributed by atoms with Gasteiger partial charge in [-0.2, -0.15) is 0 Å². The van der Waals surface area contributed by atoms with Crippen molar-refractivity contribution in [3.63, 3.8) is 0 Å². The summed E-state index contributed by atoms with van der Waals surface area (Å²) in [7, 11) is 0. The highest BCUT2D eigenvalue weighted by atomic mass is 16.5. The minimum atomic E-state index is -0.332. The molecule has 104 valence electrons. The molecule has 19 heavy (non-hydrogen) atoms. The first-order chi connectivity index (χ1) is 9.10. The molecule has 0 radical (unpaired) electrons. The molecule has 2 heteroatoms. The van der Waals surface area contributed by atoms with E-state index in [1.807, 2.05) is 0 Å². The summed E-state index contributed by atoms with van der Waals surface area (Å²) in [5.41, 5.74) is 3.69. The molecular weight excluding hydrogens is 236 g/mol. The second-order valence-corrected chi connectivity index (χ2v) is 6.44. The predicted molar refractivity (Wildman–Crippen MR) is 76.1 cm³/mol. The Morgan fingerprint density at radius 2 is 2.11 bits per heavy atom. The second kappa shape index (κ2) is 4.92. The lowest BCUT2D eigenvalue weighted by Crippen LogP contribution is -2.46. The van der Waals surface area contributed by atoms with Gasteiger partial charge in [-0.05, 0) is 63.0 Å². The molecule has 1 aliphatic heterocycles. The Bertz CT molecular complexity index is 462. The topological polar surface area (TPSA) is 29.5 Å². The Morgan fingerprint density at radius 1 is 1.32 bits per heavy atom. The lowest BCUT2D eigenvalue weighted by molar-refractivity contribution is -0.157. The minimum absolute atomic E-state index is 0.114. The third kappa shape index (κ3) is 2.44. The van der Waals surface area contributed by atoms with Crippen molar-refractivity contribution in [2.75, 3.05) is 6.61 Å². The maximum absolute atomic E-state index is 10.7. The number of aliphatic hydroxyl groups is 1. The summed E-state index contributed by atoms with van der Waals surface area (Å²) < 4.78 is 5.96. The number of ether oxygens (including phenoxy) is 1. The van der Waals surface area contributed by atoms with Crippen LogP contribution in [0, 0.1) is 19.8 Å². The average Bonchev–Trinajstić information content (AvgIpc) is 2.36. The molecule has 2 fully saturated rings. The van der Waals surface area contributed by atoms with Crippen molar-refractivity contribution >= 4 is 0 Å². The first kappa shape index (κ1) is 13.1. The summed E-state index contributed by atoms with van der Waals surface area (Å²) >= 11 is 0. The smallest absolute Gasteiger partial charge is 0.0822 e. The molecule has 1 saturated carbocycles. The third-order valence-electron chi connectivity index (χ3n) is 4.99. The summed E-state index contributed by atoms with van der Waals surface area (Å²) in [6.45, 7) is 5.01. The van der Waals surface area contributed by atoms with Gasteiger partial charge in [0.25, 0.3) is 0 Å². The van der Waals surface area contributed by atoms with Crippen molar-refractivity contribution in [2.24, 2.45) is 5.92 Å². The number of aliphatic hydroxyl groups excluding tert-OH is 1. The highest BCUT2D eigenvalue weighted by Crippen LogP contribution is 2.47. The summed E-state index contributed by atoms with van der Waals surface area (Å²) in [5, 5.41) is 10.7. The van der Waals surface area contributed by atoms with Gasteiger partial charge in [0.05, 0.1) is 11.7 Å². The summed E-state index contributed by atoms with van der Waals surface area (Å²) in [6.07, 6.45) is 5.33. The molecule has 1 heterocycles. The molecule has 0 aromatic heterocycles. The fraction of sp³-hybridized carbons (Fsp3) is 0.647. The van der Waals surface area contributed by atoms with E-state index >= 15 is 0 Å². The number of hydrogen-bond acceptors (Lipinski definition) is 2. The van der Waals surface area contributed by atoms with E-state index in [1.54, 1.807) is 0 Å². The monoisotopic (exact) mass is 260 g/mol. The van der Waals surface area contributed by atoms with Gasteiger partial charge in [0, 0.05) is 6.61 Å². The van der Waals surface area contributed by atoms with Crippen LogP contribution in [-0.4, -0.2) is 17.3 Å². The number of rotatable bonds is 2. The molecule has 1 aromatic rings. The molecule has 1 aliphatic carbocycles. The van der Waals surface area contributed by atoms with Crippen LogP contribution in [0.5, 0.6) is 0 Å². The molecule has 2 nitrogen and oxygen atoms in total. The maximum Gasteiger partial charge on any atom is 0.0822 e. The normalized spacial score (nSPS) is 27.0. The molecule has 2 atom stereocenters. The SMILES string of the molecule is Cc1ccc(C(O)C2CCOC3(CCC3)C2)c(C)c1. The minimum Gasteiger partial charge on any atom is -0.388 e. The largest absolute Gasteiger partial charge is 0.388 e. The number of hydrogen-bond donors (Lipinski definition) is 1. The lowest BCUT2D eigenvalue weighted by Gasteiger charge is -2.48. The van der Waals surface area contributed by atoms with Crippen LogP contribution in [0.1, 0.15) is 54.9 Å². The predicted octanol–water partition coefficient (Wildman–Crippen LogP) is 3.69. The van der Waals surface area contributed by atoms with E-state index in [9.17, 15) is 5.11 Å². The average molecular weight is 260 g/mol. The molecule has 1 spiro atoms. The summed E-state index contributed by atoms with van der Waals surface area (Å²) in [4.78, 5) is 0. The molecule has 2 aliphatic rings. The lowest BCUT2D eigenvalue weighted by atomic mass is 9.70. The molecule has 1 saturated heterocycles. The number of aryl methyl sites for hydroxylation is 2. The van der Waals surface area contributed by atoms with Gasteiger partial charge in [-0.1, -0.05) is 23.8 Å². The Hall–Kier alpha value is -0.860. The van der Waals surface area contributed by atoms with Gasteiger partial charge >= 0.3 is 0 Å². The highest BCUT2D eigenvalue weighted by molar-refractivity contribution is 5.32. The van der Waals surface area contributed by atoms with Crippen LogP contribution in [0.2, 0.25) is 0 Å². The molecular formula is C17H24O2. The first-order valence-corrected chi connectivity index (χ1v) is 7.49. The van der Waals surface area contributed by atoms with Crippen molar-refractivity contribution in [1.82, 2.24) is 0 Å². The van der Waals surface area contributed by atoms with Crippen LogP contribution < -0.4 is 0 Å². The maximum atomic E-state index is 10.7. The Balaban J connectivity index is 1.77. The van der Waals surface area contributed by atoms with Gasteiger partial charge in [0.2, 0.25) is 0 Å². The third-order valence-corrected chi connectivity index (χ3v) is 4.99. The van der Waals surface area contributed by atoms with Gasteiger partial charge in [-0.15, -0.1) is 0 Å². The Kier molecular flexibility index (Phi) is 3.40. The van der Waals surface area contributed by atoms with Crippen molar-refractivity contribution in [2.45, 2.75) is 57.7 Å². The zero-order valence-electron chi connectivity index (χ0n) is 12.0. The van der Waals surface area contributed by atoms with Crippen molar-refractivity contribution in [1.29, 1.82) is 0 Å². The highest BCUT2D eigenvalue weighted by Gasteiger charge is 2.44. The fourth-order valence-corrected chi connectivity index (χ4v) is 3.67. The zero-order valence-corrected chi connectivity index (χ0v) is 12.0. The Labute approximate surface area is 115 Å². The van der Waals surface area contributed by atoms with Gasteiger partial charge in [0.1, 0.15) is 0 Å². The van der Waals surface area contributed by atoms with E-state index in [-0.39, 0.29) is 11.7 Å². The van der Waals surface area contributed by atoms with Crippen molar-refractivity contribution in [3.05, 3.63) is 34.9 Å². The quantitative estimate of drug-likeness (QED) is 0.879. The van der Waals surface area contributed by atoms with Gasteiger partial charge < -0.3 is 9.84 Å². The van der Waals surface area contributed by atoms with Crippen LogP contribution in [-0.2, 0) is 4.74 Å². The molecule has 3 rings (SSSR count).